The fourth-order valence-electron chi connectivity index (χ4n) is 2.40. The maximum Gasteiger partial charge on any atom is 0.311 e. The molecule has 0 heterocycles. The zero-order valence-electron chi connectivity index (χ0n) is 15.1. The number of rotatable bonds is 8. The third kappa shape index (κ3) is 4.72. The van der Waals surface area contributed by atoms with Gasteiger partial charge in [0.15, 0.2) is 5.75 Å². The molecule has 2 aromatic rings. The van der Waals surface area contributed by atoms with Gasteiger partial charge in [0.05, 0.1) is 18.1 Å². The molecule has 2 aromatic carbocycles. The molecular weight excluding hydrogens is 336 g/mol. The second kappa shape index (κ2) is 8.84. The van der Waals surface area contributed by atoms with Crippen LogP contribution in [0, 0.1) is 17.0 Å². The van der Waals surface area contributed by atoms with Crippen LogP contribution in [0.2, 0.25) is 0 Å². The van der Waals surface area contributed by atoms with E-state index in [1.54, 1.807) is 14.0 Å². The normalized spacial score (nSPS) is 10.3. The second-order valence-corrected chi connectivity index (χ2v) is 5.71. The summed E-state index contributed by atoms with van der Waals surface area (Å²) in [6.45, 7) is 4.68. The molecule has 7 heteroatoms. The molecule has 0 unspecified atom stereocenters. The first-order valence-corrected chi connectivity index (χ1v) is 8.29. The van der Waals surface area contributed by atoms with Crippen LogP contribution in [-0.4, -0.2) is 42.5 Å². The highest BCUT2D eigenvalue weighted by Gasteiger charge is 2.20. The Kier molecular flexibility index (Phi) is 6.54. The van der Waals surface area contributed by atoms with Crippen LogP contribution in [0.5, 0.6) is 11.5 Å². The summed E-state index contributed by atoms with van der Waals surface area (Å²) < 4.78 is 10.9. The molecule has 0 saturated heterocycles. The molecule has 0 radical (unpaired) electrons. The highest BCUT2D eigenvalue weighted by molar-refractivity contribution is 5.95. The highest BCUT2D eigenvalue weighted by Crippen LogP contribution is 2.28. The predicted molar refractivity (Wildman–Crippen MR) is 97.9 cm³/mol. The van der Waals surface area contributed by atoms with Gasteiger partial charge < -0.3 is 14.4 Å². The second-order valence-electron chi connectivity index (χ2n) is 5.71. The summed E-state index contributed by atoms with van der Waals surface area (Å²) in [5, 5.41) is 11.2. The van der Waals surface area contributed by atoms with E-state index in [2.05, 4.69) is 0 Å². The number of carbonyl (C=O) groups excluding carboxylic acids is 1. The van der Waals surface area contributed by atoms with Crippen LogP contribution in [0.3, 0.4) is 0 Å². The van der Waals surface area contributed by atoms with Crippen molar-refractivity contribution in [2.75, 3.05) is 26.8 Å². The number of likely N-dealkylation sites (N-methyl/N-ethyl adjacent to an activating group) is 1. The Bertz CT molecular complexity index is 791. The molecule has 0 fully saturated rings. The highest BCUT2D eigenvalue weighted by atomic mass is 16.6. The summed E-state index contributed by atoms with van der Waals surface area (Å²) in [6, 6.07) is 11.8. The van der Waals surface area contributed by atoms with Gasteiger partial charge in [-0.2, -0.15) is 0 Å². The zero-order chi connectivity index (χ0) is 19.1. The van der Waals surface area contributed by atoms with Crippen LogP contribution in [0.15, 0.2) is 42.5 Å². The first-order chi connectivity index (χ1) is 12.4. The van der Waals surface area contributed by atoms with E-state index >= 15 is 0 Å². The van der Waals surface area contributed by atoms with Crippen molar-refractivity contribution in [2.45, 2.75) is 13.8 Å². The van der Waals surface area contributed by atoms with Crippen molar-refractivity contribution in [2.24, 2.45) is 0 Å². The Hall–Kier alpha value is -3.09. The SMILES string of the molecule is CCOc1ccc(C(=O)N(C)CCOc2ccccc2C)cc1[N+](=O)[O-]. The Morgan fingerprint density at radius 3 is 2.54 bits per heavy atom. The largest absolute Gasteiger partial charge is 0.491 e. The fraction of sp³-hybridized carbons (Fsp3) is 0.316. The molecule has 7 nitrogen and oxygen atoms in total. The molecule has 0 saturated carbocycles. The van der Waals surface area contributed by atoms with Gasteiger partial charge in [-0.05, 0) is 37.6 Å². The minimum atomic E-state index is -0.553. The van der Waals surface area contributed by atoms with Crippen molar-refractivity contribution < 1.29 is 19.2 Å². The van der Waals surface area contributed by atoms with Gasteiger partial charge in [0.1, 0.15) is 12.4 Å². The molecule has 0 aliphatic heterocycles. The van der Waals surface area contributed by atoms with Gasteiger partial charge in [0.2, 0.25) is 0 Å². The summed E-state index contributed by atoms with van der Waals surface area (Å²) in [7, 11) is 1.63. The number of para-hydroxylation sites is 1. The number of hydrogen-bond donors (Lipinski definition) is 0. The number of nitro benzene ring substituents is 1. The Labute approximate surface area is 152 Å². The van der Waals surface area contributed by atoms with Crippen LogP contribution in [0.4, 0.5) is 5.69 Å². The number of hydrogen-bond acceptors (Lipinski definition) is 5. The van der Waals surface area contributed by atoms with Gasteiger partial charge in [-0.3, -0.25) is 14.9 Å². The van der Waals surface area contributed by atoms with E-state index in [1.807, 2.05) is 31.2 Å². The molecule has 0 N–H and O–H groups in total. The molecular formula is C19H22N2O5. The van der Waals surface area contributed by atoms with Gasteiger partial charge >= 0.3 is 5.69 Å². The number of ether oxygens (including phenoxy) is 2. The molecule has 0 atom stereocenters. The van der Waals surface area contributed by atoms with Crippen LogP contribution < -0.4 is 9.47 Å². The van der Waals surface area contributed by atoms with Crippen molar-refractivity contribution in [1.82, 2.24) is 4.90 Å². The van der Waals surface area contributed by atoms with E-state index in [0.29, 0.717) is 19.8 Å². The first kappa shape index (κ1) is 19.2. The fourth-order valence-corrected chi connectivity index (χ4v) is 2.40. The molecule has 0 aromatic heterocycles. The third-order valence-corrected chi connectivity index (χ3v) is 3.83. The van der Waals surface area contributed by atoms with E-state index in [-0.39, 0.29) is 22.9 Å². The van der Waals surface area contributed by atoms with Gasteiger partial charge in [-0.15, -0.1) is 0 Å². The van der Waals surface area contributed by atoms with Crippen molar-refractivity contribution in [1.29, 1.82) is 0 Å². The molecule has 0 aliphatic carbocycles. The van der Waals surface area contributed by atoms with Crippen LogP contribution >= 0.6 is 0 Å². The average molecular weight is 358 g/mol. The maximum absolute atomic E-state index is 12.5. The molecule has 2 rings (SSSR count). The van der Waals surface area contributed by atoms with Gasteiger partial charge in [0.25, 0.3) is 5.91 Å². The minimum absolute atomic E-state index is 0.152. The molecule has 26 heavy (non-hydrogen) atoms. The maximum atomic E-state index is 12.5. The lowest BCUT2D eigenvalue weighted by molar-refractivity contribution is -0.385. The van der Waals surface area contributed by atoms with E-state index < -0.39 is 4.92 Å². The van der Waals surface area contributed by atoms with Gasteiger partial charge in [-0.25, -0.2) is 0 Å². The Morgan fingerprint density at radius 2 is 1.88 bits per heavy atom. The lowest BCUT2D eigenvalue weighted by atomic mass is 10.1. The summed E-state index contributed by atoms with van der Waals surface area (Å²) in [5.74, 6) is 0.606. The van der Waals surface area contributed by atoms with Crippen molar-refractivity contribution in [3.8, 4) is 11.5 Å². The summed E-state index contributed by atoms with van der Waals surface area (Å²) in [4.78, 5) is 24.6. The molecule has 0 spiro atoms. The molecule has 0 aliphatic rings. The Balaban J connectivity index is 2.02. The molecule has 138 valence electrons. The van der Waals surface area contributed by atoms with Crippen LogP contribution in [-0.2, 0) is 0 Å². The minimum Gasteiger partial charge on any atom is -0.491 e. The van der Waals surface area contributed by atoms with E-state index in [0.717, 1.165) is 11.3 Å². The van der Waals surface area contributed by atoms with E-state index in [1.165, 1.54) is 23.1 Å². The lowest BCUT2D eigenvalue weighted by Crippen LogP contribution is -2.31. The van der Waals surface area contributed by atoms with Gasteiger partial charge in [-0.1, -0.05) is 18.2 Å². The van der Waals surface area contributed by atoms with Crippen molar-refractivity contribution >= 4 is 11.6 Å². The lowest BCUT2D eigenvalue weighted by Gasteiger charge is -2.18. The van der Waals surface area contributed by atoms with Crippen molar-refractivity contribution in [3.63, 3.8) is 0 Å². The number of carbonyl (C=O) groups is 1. The number of benzene rings is 2. The van der Waals surface area contributed by atoms with Gasteiger partial charge in [0, 0.05) is 18.7 Å². The predicted octanol–water partition coefficient (Wildman–Crippen LogP) is 3.45. The Morgan fingerprint density at radius 1 is 1.15 bits per heavy atom. The number of nitrogens with zero attached hydrogens (tertiary/aromatic N) is 2. The summed E-state index contributed by atoms with van der Waals surface area (Å²) in [5.41, 5.74) is 1.03. The van der Waals surface area contributed by atoms with E-state index in [9.17, 15) is 14.9 Å². The molecule has 0 bridgehead atoms. The molecule has 1 amide bonds. The standard InChI is InChI=1S/C19H22N2O5/c1-4-25-18-10-9-15(13-16(18)21(23)24)19(22)20(3)11-12-26-17-8-6-5-7-14(17)2/h5-10,13H,4,11-12H2,1-3H3. The number of nitro groups is 1. The topological polar surface area (TPSA) is 81.9 Å². The quantitative estimate of drug-likeness (QED) is 0.533. The summed E-state index contributed by atoms with van der Waals surface area (Å²) in [6.07, 6.45) is 0. The third-order valence-electron chi connectivity index (χ3n) is 3.83. The summed E-state index contributed by atoms with van der Waals surface area (Å²) >= 11 is 0. The van der Waals surface area contributed by atoms with E-state index in [4.69, 9.17) is 9.47 Å². The van der Waals surface area contributed by atoms with Crippen molar-refractivity contribution in [3.05, 3.63) is 63.7 Å². The first-order valence-electron chi connectivity index (χ1n) is 8.29. The average Bonchev–Trinajstić information content (AvgIpc) is 2.63. The van der Waals surface area contributed by atoms with Crippen LogP contribution in [0.25, 0.3) is 0 Å². The number of amides is 1. The van der Waals surface area contributed by atoms with Crippen LogP contribution in [0.1, 0.15) is 22.8 Å². The monoisotopic (exact) mass is 358 g/mol. The smallest absolute Gasteiger partial charge is 0.311 e. The number of aryl methyl sites for hydroxylation is 1. The zero-order valence-corrected chi connectivity index (χ0v) is 15.1.